The lowest BCUT2D eigenvalue weighted by atomic mass is 10.0. The average molecular weight is 141 g/mol. The fourth-order valence-electron chi connectivity index (χ4n) is 1.21. The molecule has 1 aliphatic heterocycles. The highest BCUT2D eigenvalue weighted by Crippen LogP contribution is 2.09. The summed E-state index contributed by atoms with van der Waals surface area (Å²) >= 11 is 0. The van der Waals surface area contributed by atoms with E-state index in [1.54, 1.807) is 0 Å². The Labute approximate surface area is 59.8 Å². The van der Waals surface area contributed by atoms with Crippen LogP contribution in [0.15, 0.2) is 0 Å². The average Bonchev–Trinajstić information content (AvgIpc) is 2.05. The van der Waals surface area contributed by atoms with Crippen molar-refractivity contribution in [2.45, 2.75) is 31.3 Å². The van der Waals surface area contributed by atoms with Gasteiger partial charge in [-0.15, -0.1) is 0 Å². The van der Waals surface area contributed by atoms with Gasteiger partial charge in [0.25, 0.3) is 0 Å². The van der Waals surface area contributed by atoms with Crippen LogP contribution in [-0.4, -0.2) is 24.7 Å². The zero-order valence-corrected chi connectivity index (χ0v) is 5.75. The Morgan fingerprint density at radius 3 is 2.00 bits per heavy atom. The number of aldehydes is 2. The Kier molecular flexibility index (Phi) is 2.57. The summed E-state index contributed by atoms with van der Waals surface area (Å²) in [5.74, 6) is 0. The number of carbonyl (C=O) groups excluding carboxylic acids is 2. The minimum Gasteiger partial charge on any atom is -0.302 e. The number of nitrogens with one attached hydrogen (secondary N) is 1. The number of hydrogen-bond donors (Lipinski definition) is 1. The molecule has 1 aliphatic rings. The molecule has 2 atom stereocenters. The highest BCUT2D eigenvalue weighted by Gasteiger charge is 2.18. The normalized spacial score (nSPS) is 33.2. The van der Waals surface area contributed by atoms with Crippen molar-refractivity contribution in [2.75, 3.05) is 0 Å². The van der Waals surface area contributed by atoms with Crippen molar-refractivity contribution in [1.29, 1.82) is 0 Å². The third-order valence-electron chi connectivity index (χ3n) is 1.79. The van der Waals surface area contributed by atoms with E-state index in [0.717, 1.165) is 31.8 Å². The molecule has 0 radical (unpaired) electrons. The van der Waals surface area contributed by atoms with Crippen molar-refractivity contribution in [3.63, 3.8) is 0 Å². The summed E-state index contributed by atoms with van der Waals surface area (Å²) in [4.78, 5) is 20.5. The molecular weight excluding hydrogens is 130 g/mol. The van der Waals surface area contributed by atoms with Gasteiger partial charge in [0, 0.05) is 0 Å². The molecule has 1 heterocycles. The number of rotatable bonds is 2. The molecule has 0 aromatic carbocycles. The first-order valence-electron chi connectivity index (χ1n) is 3.53. The number of carbonyl (C=O) groups is 2. The maximum atomic E-state index is 10.2. The molecule has 0 aromatic heterocycles. The van der Waals surface area contributed by atoms with Crippen molar-refractivity contribution in [1.82, 2.24) is 5.32 Å². The predicted molar refractivity (Wildman–Crippen MR) is 36.7 cm³/mol. The standard InChI is InChI=1S/C7H11NO2/c9-4-6-2-1-3-7(5-10)8-6/h4-8H,1-3H2. The lowest BCUT2D eigenvalue weighted by molar-refractivity contribution is -0.112. The Morgan fingerprint density at radius 1 is 1.10 bits per heavy atom. The summed E-state index contributed by atoms with van der Waals surface area (Å²) in [5.41, 5.74) is 0. The molecule has 1 rings (SSSR count). The van der Waals surface area contributed by atoms with Gasteiger partial charge in [-0.2, -0.15) is 0 Å². The summed E-state index contributed by atoms with van der Waals surface area (Å²) in [5, 5.41) is 2.92. The van der Waals surface area contributed by atoms with Gasteiger partial charge in [0.2, 0.25) is 0 Å². The lowest BCUT2D eigenvalue weighted by Crippen LogP contribution is -2.43. The van der Waals surface area contributed by atoms with Gasteiger partial charge >= 0.3 is 0 Å². The van der Waals surface area contributed by atoms with Crippen LogP contribution in [0, 0.1) is 0 Å². The first kappa shape index (κ1) is 7.41. The molecule has 1 saturated heterocycles. The maximum Gasteiger partial charge on any atom is 0.136 e. The van der Waals surface area contributed by atoms with Crippen LogP contribution >= 0.6 is 0 Å². The minimum absolute atomic E-state index is 0.0936. The van der Waals surface area contributed by atoms with E-state index < -0.39 is 0 Å². The van der Waals surface area contributed by atoms with Crippen LogP contribution in [0.4, 0.5) is 0 Å². The molecule has 0 aromatic rings. The van der Waals surface area contributed by atoms with Crippen LogP contribution in [0.3, 0.4) is 0 Å². The van der Waals surface area contributed by atoms with Crippen LogP contribution in [0.25, 0.3) is 0 Å². The summed E-state index contributed by atoms with van der Waals surface area (Å²) in [6, 6.07) is -0.187. The van der Waals surface area contributed by atoms with Gasteiger partial charge in [0.05, 0.1) is 12.1 Å². The Hall–Kier alpha value is -0.700. The molecule has 3 nitrogen and oxygen atoms in total. The van der Waals surface area contributed by atoms with E-state index in [9.17, 15) is 9.59 Å². The summed E-state index contributed by atoms with van der Waals surface area (Å²) < 4.78 is 0. The second kappa shape index (κ2) is 3.46. The largest absolute Gasteiger partial charge is 0.302 e. The van der Waals surface area contributed by atoms with Crippen LogP contribution in [0.2, 0.25) is 0 Å². The fraction of sp³-hybridized carbons (Fsp3) is 0.714. The van der Waals surface area contributed by atoms with Gasteiger partial charge in [-0.25, -0.2) is 0 Å². The molecule has 1 fully saturated rings. The van der Waals surface area contributed by atoms with Crippen molar-refractivity contribution < 1.29 is 9.59 Å². The van der Waals surface area contributed by atoms with Crippen LogP contribution in [0.5, 0.6) is 0 Å². The monoisotopic (exact) mass is 141 g/mol. The van der Waals surface area contributed by atoms with Crippen molar-refractivity contribution in [2.24, 2.45) is 0 Å². The molecule has 0 saturated carbocycles. The highest BCUT2D eigenvalue weighted by molar-refractivity contribution is 5.62. The summed E-state index contributed by atoms with van der Waals surface area (Å²) in [6.45, 7) is 0. The van der Waals surface area contributed by atoms with Gasteiger partial charge in [-0.1, -0.05) is 0 Å². The molecule has 10 heavy (non-hydrogen) atoms. The van der Waals surface area contributed by atoms with Crippen LogP contribution in [0.1, 0.15) is 19.3 Å². The number of piperidine rings is 1. The lowest BCUT2D eigenvalue weighted by Gasteiger charge is -2.23. The van der Waals surface area contributed by atoms with E-state index in [2.05, 4.69) is 5.32 Å². The molecule has 56 valence electrons. The molecular formula is C7H11NO2. The van der Waals surface area contributed by atoms with E-state index in [-0.39, 0.29) is 12.1 Å². The van der Waals surface area contributed by atoms with E-state index in [1.165, 1.54) is 0 Å². The van der Waals surface area contributed by atoms with Gasteiger partial charge in [0.1, 0.15) is 12.6 Å². The summed E-state index contributed by atoms with van der Waals surface area (Å²) in [6.07, 6.45) is 4.45. The van der Waals surface area contributed by atoms with Gasteiger partial charge in [0.15, 0.2) is 0 Å². The van der Waals surface area contributed by atoms with Gasteiger partial charge < -0.3 is 9.59 Å². The van der Waals surface area contributed by atoms with Crippen LogP contribution in [-0.2, 0) is 9.59 Å². The minimum atomic E-state index is -0.0936. The molecule has 0 amide bonds. The van der Waals surface area contributed by atoms with E-state index in [0.29, 0.717) is 0 Å². The number of hydrogen-bond acceptors (Lipinski definition) is 3. The summed E-state index contributed by atoms with van der Waals surface area (Å²) in [7, 11) is 0. The maximum absolute atomic E-state index is 10.2. The Balaban J connectivity index is 2.38. The van der Waals surface area contributed by atoms with Crippen LogP contribution < -0.4 is 5.32 Å². The first-order chi connectivity index (χ1) is 4.86. The molecule has 0 aliphatic carbocycles. The van der Waals surface area contributed by atoms with E-state index in [4.69, 9.17) is 0 Å². The van der Waals surface area contributed by atoms with Crippen molar-refractivity contribution in [3.8, 4) is 0 Å². The molecule has 3 heteroatoms. The molecule has 1 N–H and O–H groups in total. The van der Waals surface area contributed by atoms with Gasteiger partial charge in [-0.3, -0.25) is 5.32 Å². The SMILES string of the molecule is O=CC1CCCC(C=O)N1. The fourth-order valence-corrected chi connectivity index (χ4v) is 1.21. The topological polar surface area (TPSA) is 46.2 Å². The zero-order valence-electron chi connectivity index (χ0n) is 5.75. The zero-order chi connectivity index (χ0) is 7.40. The second-order valence-electron chi connectivity index (χ2n) is 2.58. The molecule has 0 spiro atoms. The molecule has 0 bridgehead atoms. The Morgan fingerprint density at radius 2 is 1.60 bits per heavy atom. The van der Waals surface area contributed by atoms with Crippen molar-refractivity contribution >= 4 is 12.6 Å². The van der Waals surface area contributed by atoms with E-state index >= 15 is 0 Å². The van der Waals surface area contributed by atoms with Gasteiger partial charge in [-0.05, 0) is 19.3 Å². The second-order valence-corrected chi connectivity index (χ2v) is 2.58. The van der Waals surface area contributed by atoms with E-state index in [1.807, 2.05) is 0 Å². The molecule has 2 unspecified atom stereocenters. The quantitative estimate of drug-likeness (QED) is 0.546. The first-order valence-corrected chi connectivity index (χ1v) is 3.53. The van der Waals surface area contributed by atoms with Crippen molar-refractivity contribution in [3.05, 3.63) is 0 Å². The third kappa shape index (κ3) is 1.64. The highest BCUT2D eigenvalue weighted by atomic mass is 16.1. The Bertz CT molecular complexity index is 122. The smallest absolute Gasteiger partial charge is 0.136 e. The third-order valence-corrected chi connectivity index (χ3v) is 1.79. The predicted octanol–water partition coefficient (Wildman–Crippen LogP) is -0.105.